The SMILES string of the molecule is O=c1oc2ccccc2c2oc(-c3ccccc3)c(-c3cccc(C(F)(F)F)c3)c12. The molecule has 0 spiro atoms. The molecule has 0 fully saturated rings. The number of hydrogen-bond donors (Lipinski definition) is 0. The maximum Gasteiger partial charge on any atom is 0.416 e. The van der Waals surface area contributed by atoms with Crippen molar-refractivity contribution in [1.82, 2.24) is 0 Å². The molecule has 0 atom stereocenters. The highest BCUT2D eigenvalue weighted by molar-refractivity contribution is 6.10. The molecule has 0 unspecified atom stereocenters. The Morgan fingerprint density at radius 3 is 2.20 bits per heavy atom. The van der Waals surface area contributed by atoms with Crippen molar-refractivity contribution in [3.63, 3.8) is 0 Å². The minimum atomic E-state index is -4.51. The summed E-state index contributed by atoms with van der Waals surface area (Å²) in [6.45, 7) is 0. The second-order valence-corrected chi connectivity index (χ2v) is 6.84. The van der Waals surface area contributed by atoms with Crippen LogP contribution in [-0.2, 0) is 6.18 Å². The molecule has 0 amide bonds. The van der Waals surface area contributed by atoms with E-state index in [2.05, 4.69) is 0 Å². The Morgan fingerprint density at radius 2 is 1.43 bits per heavy atom. The number of halogens is 3. The van der Waals surface area contributed by atoms with Crippen LogP contribution in [-0.4, -0.2) is 0 Å². The monoisotopic (exact) mass is 406 g/mol. The van der Waals surface area contributed by atoms with Crippen molar-refractivity contribution < 1.29 is 22.0 Å². The molecule has 0 aliphatic carbocycles. The first-order valence-electron chi connectivity index (χ1n) is 9.15. The van der Waals surface area contributed by atoms with Crippen molar-refractivity contribution in [3.05, 3.63) is 94.8 Å². The van der Waals surface area contributed by atoms with Gasteiger partial charge in [-0.15, -0.1) is 0 Å². The van der Waals surface area contributed by atoms with Gasteiger partial charge in [-0.2, -0.15) is 13.2 Å². The summed E-state index contributed by atoms with van der Waals surface area (Å²) in [7, 11) is 0. The summed E-state index contributed by atoms with van der Waals surface area (Å²) >= 11 is 0. The highest BCUT2D eigenvalue weighted by Crippen LogP contribution is 2.43. The molecule has 3 aromatic carbocycles. The fourth-order valence-corrected chi connectivity index (χ4v) is 3.63. The van der Waals surface area contributed by atoms with E-state index in [0.29, 0.717) is 22.3 Å². The third-order valence-electron chi connectivity index (χ3n) is 4.96. The van der Waals surface area contributed by atoms with Gasteiger partial charge in [-0.1, -0.05) is 54.6 Å². The van der Waals surface area contributed by atoms with E-state index < -0.39 is 17.4 Å². The van der Waals surface area contributed by atoms with Crippen LogP contribution >= 0.6 is 0 Å². The molecule has 30 heavy (non-hydrogen) atoms. The van der Waals surface area contributed by atoms with Crippen LogP contribution in [0, 0.1) is 0 Å². The largest absolute Gasteiger partial charge is 0.454 e. The average molecular weight is 406 g/mol. The van der Waals surface area contributed by atoms with Crippen LogP contribution in [0.3, 0.4) is 0 Å². The summed E-state index contributed by atoms with van der Waals surface area (Å²) in [5, 5.41) is 0.689. The molecule has 0 saturated carbocycles. The Hall–Kier alpha value is -3.80. The van der Waals surface area contributed by atoms with Gasteiger partial charge in [-0.05, 0) is 29.8 Å². The molecule has 6 heteroatoms. The van der Waals surface area contributed by atoms with E-state index in [4.69, 9.17) is 8.83 Å². The Balaban J connectivity index is 1.93. The van der Waals surface area contributed by atoms with Crippen LogP contribution < -0.4 is 5.63 Å². The summed E-state index contributed by atoms with van der Waals surface area (Å²) in [6.07, 6.45) is -4.51. The van der Waals surface area contributed by atoms with Crippen LogP contribution in [0.1, 0.15) is 5.56 Å². The van der Waals surface area contributed by atoms with Crippen LogP contribution in [0.25, 0.3) is 44.4 Å². The number of rotatable bonds is 2. The molecule has 2 aromatic heterocycles. The van der Waals surface area contributed by atoms with Crippen molar-refractivity contribution >= 4 is 21.9 Å². The van der Waals surface area contributed by atoms with Gasteiger partial charge in [0.05, 0.1) is 10.9 Å². The zero-order valence-corrected chi connectivity index (χ0v) is 15.4. The highest BCUT2D eigenvalue weighted by atomic mass is 19.4. The molecule has 0 saturated heterocycles. The number of hydrogen-bond acceptors (Lipinski definition) is 3. The van der Waals surface area contributed by atoms with E-state index >= 15 is 0 Å². The summed E-state index contributed by atoms with van der Waals surface area (Å²) in [6, 6.07) is 20.7. The van der Waals surface area contributed by atoms with Crippen molar-refractivity contribution in [2.75, 3.05) is 0 Å². The number of para-hydroxylation sites is 1. The second-order valence-electron chi connectivity index (χ2n) is 6.84. The third-order valence-corrected chi connectivity index (χ3v) is 4.96. The van der Waals surface area contributed by atoms with E-state index in [1.165, 1.54) is 12.1 Å². The summed E-state index contributed by atoms with van der Waals surface area (Å²) < 4.78 is 51.6. The Morgan fingerprint density at radius 1 is 0.733 bits per heavy atom. The standard InChI is InChI=1S/C24H13F3O3/c25-24(26,27)16-10-6-9-15(13-16)19-20-22(30-21(19)14-7-2-1-3-8-14)17-11-4-5-12-18(17)29-23(20)28/h1-13H. The summed E-state index contributed by atoms with van der Waals surface area (Å²) in [4.78, 5) is 12.9. The highest BCUT2D eigenvalue weighted by Gasteiger charge is 2.31. The molecule has 2 heterocycles. The first-order valence-corrected chi connectivity index (χ1v) is 9.15. The topological polar surface area (TPSA) is 43.4 Å². The molecule has 3 nitrogen and oxygen atoms in total. The van der Waals surface area contributed by atoms with Crippen LogP contribution in [0.2, 0.25) is 0 Å². The molecular formula is C24H13F3O3. The van der Waals surface area contributed by atoms with E-state index in [9.17, 15) is 18.0 Å². The number of furan rings is 1. The van der Waals surface area contributed by atoms with Crippen molar-refractivity contribution in [2.24, 2.45) is 0 Å². The average Bonchev–Trinajstić information content (AvgIpc) is 3.16. The quantitative estimate of drug-likeness (QED) is 0.300. The van der Waals surface area contributed by atoms with Gasteiger partial charge in [-0.3, -0.25) is 0 Å². The molecule has 0 aliphatic rings. The number of fused-ring (bicyclic) bond motifs is 3. The molecule has 0 bridgehead atoms. The predicted molar refractivity (Wildman–Crippen MR) is 108 cm³/mol. The van der Waals surface area contributed by atoms with Crippen molar-refractivity contribution in [1.29, 1.82) is 0 Å². The van der Waals surface area contributed by atoms with Gasteiger partial charge in [-0.25, -0.2) is 4.79 Å². The van der Waals surface area contributed by atoms with Gasteiger partial charge in [0.1, 0.15) is 16.7 Å². The zero-order valence-electron chi connectivity index (χ0n) is 15.4. The molecular weight excluding hydrogens is 393 g/mol. The number of alkyl halides is 3. The van der Waals surface area contributed by atoms with Crippen molar-refractivity contribution in [2.45, 2.75) is 6.18 Å². The fourth-order valence-electron chi connectivity index (χ4n) is 3.63. The summed E-state index contributed by atoms with van der Waals surface area (Å²) in [5.41, 5.74) is 0.309. The maximum absolute atomic E-state index is 13.3. The van der Waals surface area contributed by atoms with E-state index in [0.717, 1.165) is 12.1 Å². The normalized spacial score (nSPS) is 12.0. The molecule has 0 radical (unpaired) electrons. The molecule has 148 valence electrons. The molecule has 0 N–H and O–H groups in total. The minimum absolute atomic E-state index is 0.117. The Labute approximate surface area is 168 Å². The van der Waals surface area contributed by atoms with E-state index in [-0.39, 0.29) is 22.1 Å². The van der Waals surface area contributed by atoms with Gasteiger partial charge < -0.3 is 8.83 Å². The lowest BCUT2D eigenvalue weighted by atomic mass is 9.97. The minimum Gasteiger partial charge on any atom is -0.454 e. The maximum atomic E-state index is 13.3. The van der Waals surface area contributed by atoms with Crippen LogP contribution in [0.5, 0.6) is 0 Å². The first-order chi connectivity index (χ1) is 14.4. The van der Waals surface area contributed by atoms with E-state index in [1.54, 1.807) is 48.5 Å². The van der Waals surface area contributed by atoms with Gasteiger partial charge in [0.2, 0.25) is 0 Å². The summed E-state index contributed by atoms with van der Waals surface area (Å²) in [5.74, 6) is 0.313. The fraction of sp³-hybridized carbons (Fsp3) is 0.0417. The van der Waals surface area contributed by atoms with Gasteiger partial charge in [0.15, 0.2) is 5.58 Å². The Kier molecular flexibility index (Phi) is 4.03. The predicted octanol–water partition coefficient (Wildman–Crippen LogP) is 6.89. The second kappa shape index (κ2) is 6.62. The molecule has 5 aromatic rings. The molecule has 5 rings (SSSR count). The van der Waals surface area contributed by atoms with Crippen LogP contribution in [0.15, 0.2) is 92.5 Å². The lowest BCUT2D eigenvalue weighted by Crippen LogP contribution is -2.05. The zero-order chi connectivity index (χ0) is 20.9. The van der Waals surface area contributed by atoms with Crippen molar-refractivity contribution in [3.8, 4) is 22.5 Å². The van der Waals surface area contributed by atoms with E-state index in [1.807, 2.05) is 6.07 Å². The van der Waals surface area contributed by atoms with Gasteiger partial charge in [0, 0.05) is 11.1 Å². The van der Waals surface area contributed by atoms with Gasteiger partial charge in [0.25, 0.3) is 0 Å². The van der Waals surface area contributed by atoms with Gasteiger partial charge >= 0.3 is 11.8 Å². The third kappa shape index (κ3) is 2.88. The molecule has 0 aliphatic heterocycles. The first kappa shape index (κ1) is 18.2. The number of benzene rings is 3. The van der Waals surface area contributed by atoms with Crippen LogP contribution in [0.4, 0.5) is 13.2 Å². The Bertz CT molecular complexity index is 1440. The lowest BCUT2D eigenvalue weighted by molar-refractivity contribution is -0.137. The smallest absolute Gasteiger partial charge is 0.416 e. The lowest BCUT2D eigenvalue weighted by Gasteiger charge is -2.09.